The van der Waals surface area contributed by atoms with Crippen molar-refractivity contribution in [3.63, 3.8) is 0 Å². The molecule has 1 aromatic heterocycles. The number of carbonyl (C=O) groups is 1. The van der Waals surface area contributed by atoms with Gasteiger partial charge in [-0.15, -0.1) is 12.4 Å². The van der Waals surface area contributed by atoms with Crippen LogP contribution in [0.5, 0.6) is 0 Å². The second-order valence-corrected chi connectivity index (χ2v) is 5.48. The largest absolute Gasteiger partial charge is 0.352 e. The van der Waals surface area contributed by atoms with Gasteiger partial charge in [-0.1, -0.05) is 0 Å². The highest BCUT2D eigenvalue weighted by atomic mass is 35.5. The minimum absolute atomic E-state index is 0. The van der Waals surface area contributed by atoms with Gasteiger partial charge in [0.25, 0.3) is 5.91 Å². The second kappa shape index (κ2) is 6.44. The summed E-state index contributed by atoms with van der Waals surface area (Å²) in [5.74, 6) is 0.657. The van der Waals surface area contributed by atoms with Crippen molar-refractivity contribution in [3.8, 4) is 0 Å². The summed E-state index contributed by atoms with van der Waals surface area (Å²) in [5, 5.41) is 6.24. The fourth-order valence-corrected chi connectivity index (χ4v) is 2.63. The van der Waals surface area contributed by atoms with Gasteiger partial charge in [-0.2, -0.15) is 0 Å². The van der Waals surface area contributed by atoms with Crippen molar-refractivity contribution in [1.82, 2.24) is 15.2 Å². The zero-order valence-corrected chi connectivity index (χ0v) is 12.9. The Morgan fingerprint density at radius 1 is 1.47 bits per heavy atom. The number of nitrogens with zero attached hydrogens (tertiary/aromatic N) is 1. The van der Waals surface area contributed by atoms with Gasteiger partial charge in [0.15, 0.2) is 0 Å². The van der Waals surface area contributed by atoms with E-state index in [1.54, 1.807) is 0 Å². The fraction of sp³-hybridized carbons (Fsp3) is 0.643. The van der Waals surface area contributed by atoms with E-state index in [9.17, 15) is 4.79 Å². The maximum absolute atomic E-state index is 12.2. The highest BCUT2D eigenvalue weighted by molar-refractivity contribution is 5.95. The Balaban J connectivity index is 0.00000180. The van der Waals surface area contributed by atoms with Gasteiger partial charge < -0.3 is 15.2 Å². The van der Waals surface area contributed by atoms with Crippen LogP contribution in [0.25, 0.3) is 0 Å². The molecule has 0 aromatic carbocycles. The molecular weight excluding hydrogens is 262 g/mol. The number of carbonyl (C=O) groups excluding carboxylic acids is 1. The van der Waals surface area contributed by atoms with Crippen molar-refractivity contribution in [2.75, 3.05) is 19.6 Å². The first kappa shape index (κ1) is 16.1. The zero-order chi connectivity index (χ0) is 13.3. The van der Waals surface area contributed by atoms with Crippen molar-refractivity contribution >= 4 is 18.3 Å². The molecule has 1 fully saturated rings. The minimum Gasteiger partial charge on any atom is -0.352 e. The van der Waals surface area contributed by atoms with Crippen LogP contribution >= 0.6 is 12.4 Å². The molecule has 108 valence electrons. The van der Waals surface area contributed by atoms with Gasteiger partial charge in [0.2, 0.25) is 0 Å². The van der Waals surface area contributed by atoms with Crippen LogP contribution in [0, 0.1) is 19.8 Å². The predicted molar refractivity (Wildman–Crippen MR) is 80.2 cm³/mol. The number of nitrogens with one attached hydrogen (secondary N) is 2. The molecule has 1 aromatic rings. The molecule has 0 spiro atoms. The Labute approximate surface area is 121 Å². The lowest BCUT2D eigenvalue weighted by Gasteiger charge is -2.27. The molecule has 19 heavy (non-hydrogen) atoms. The summed E-state index contributed by atoms with van der Waals surface area (Å²) < 4.78 is 2.21. The summed E-state index contributed by atoms with van der Waals surface area (Å²) in [6.07, 6.45) is 0. The third kappa shape index (κ3) is 3.31. The van der Waals surface area contributed by atoms with Crippen LogP contribution in [-0.2, 0) is 0 Å². The summed E-state index contributed by atoms with van der Waals surface area (Å²) in [5.41, 5.74) is 3.03. The number of aryl methyl sites for hydroxylation is 1. The lowest BCUT2D eigenvalue weighted by Crippen LogP contribution is -2.48. The Morgan fingerprint density at radius 3 is 2.53 bits per heavy atom. The Kier molecular flexibility index (Phi) is 5.44. The first-order valence-electron chi connectivity index (χ1n) is 6.68. The normalized spacial score (nSPS) is 15.0. The monoisotopic (exact) mass is 285 g/mol. The summed E-state index contributed by atoms with van der Waals surface area (Å²) in [7, 11) is 0. The van der Waals surface area contributed by atoms with Gasteiger partial charge in [0.05, 0.1) is 5.56 Å². The maximum atomic E-state index is 12.2. The molecule has 1 saturated heterocycles. The Bertz CT molecular complexity index is 450. The van der Waals surface area contributed by atoms with Crippen LogP contribution < -0.4 is 10.6 Å². The van der Waals surface area contributed by atoms with E-state index >= 15 is 0 Å². The van der Waals surface area contributed by atoms with Crippen LogP contribution in [0.15, 0.2) is 6.07 Å². The number of hydrogen-bond acceptors (Lipinski definition) is 2. The number of aromatic nitrogens is 1. The molecule has 0 radical (unpaired) electrons. The van der Waals surface area contributed by atoms with E-state index in [0.29, 0.717) is 12.0 Å². The van der Waals surface area contributed by atoms with Crippen molar-refractivity contribution in [3.05, 3.63) is 23.0 Å². The van der Waals surface area contributed by atoms with Crippen LogP contribution in [0.2, 0.25) is 0 Å². The van der Waals surface area contributed by atoms with E-state index in [2.05, 4.69) is 36.0 Å². The molecule has 5 heteroatoms. The SMILES string of the molecule is Cc1cc(C(=O)NCC2CNC2)c(C)n1C(C)C.Cl. The summed E-state index contributed by atoms with van der Waals surface area (Å²) in [4.78, 5) is 12.2. The standard InChI is InChI=1S/C14H23N3O.ClH/c1-9(2)17-10(3)5-13(11(17)4)14(18)16-8-12-6-15-7-12;/h5,9,12,15H,6-8H2,1-4H3,(H,16,18);1H. The minimum atomic E-state index is 0. The van der Waals surface area contributed by atoms with E-state index < -0.39 is 0 Å². The average Bonchev–Trinajstić information content (AvgIpc) is 2.51. The summed E-state index contributed by atoms with van der Waals surface area (Å²) in [6.45, 7) is 11.2. The van der Waals surface area contributed by atoms with Crippen LogP contribution in [0.1, 0.15) is 41.6 Å². The molecule has 0 atom stereocenters. The van der Waals surface area contributed by atoms with E-state index in [4.69, 9.17) is 0 Å². The quantitative estimate of drug-likeness (QED) is 0.889. The number of halogens is 1. The van der Waals surface area contributed by atoms with Gasteiger partial charge in [0, 0.05) is 43.0 Å². The molecule has 1 amide bonds. The lowest BCUT2D eigenvalue weighted by atomic mass is 10.0. The Morgan fingerprint density at radius 2 is 2.11 bits per heavy atom. The highest BCUT2D eigenvalue weighted by Gasteiger charge is 2.20. The third-order valence-corrected chi connectivity index (χ3v) is 3.66. The van der Waals surface area contributed by atoms with Crippen molar-refractivity contribution in [2.45, 2.75) is 33.7 Å². The fourth-order valence-electron chi connectivity index (χ4n) is 2.63. The van der Waals surface area contributed by atoms with Gasteiger partial charge in [0.1, 0.15) is 0 Å². The second-order valence-electron chi connectivity index (χ2n) is 5.48. The molecule has 0 bridgehead atoms. The third-order valence-electron chi connectivity index (χ3n) is 3.66. The summed E-state index contributed by atoms with van der Waals surface area (Å²) in [6, 6.07) is 2.38. The van der Waals surface area contributed by atoms with E-state index in [1.807, 2.05) is 13.0 Å². The molecule has 4 nitrogen and oxygen atoms in total. The van der Waals surface area contributed by atoms with E-state index in [1.165, 1.54) is 0 Å². The molecule has 2 N–H and O–H groups in total. The van der Waals surface area contributed by atoms with Gasteiger partial charge >= 0.3 is 0 Å². The molecule has 1 aliphatic rings. The molecule has 0 saturated carbocycles. The first-order chi connectivity index (χ1) is 8.50. The molecule has 0 unspecified atom stereocenters. The molecular formula is C14H24ClN3O. The zero-order valence-electron chi connectivity index (χ0n) is 12.1. The highest BCUT2D eigenvalue weighted by Crippen LogP contribution is 2.20. The van der Waals surface area contributed by atoms with Crippen LogP contribution in [0.4, 0.5) is 0 Å². The Hall–Kier alpha value is -1.000. The number of rotatable bonds is 4. The van der Waals surface area contributed by atoms with Gasteiger partial charge in [-0.05, 0) is 33.8 Å². The molecule has 0 aliphatic carbocycles. The van der Waals surface area contributed by atoms with Crippen molar-refractivity contribution in [1.29, 1.82) is 0 Å². The van der Waals surface area contributed by atoms with Crippen LogP contribution in [-0.4, -0.2) is 30.1 Å². The topological polar surface area (TPSA) is 46.1 Å². The van der Waals surface area contributed by atoms with E-state index in [0.717, 1.165) is 36.6 Å². The van der Waals surface area contributed by atoms with Crippen molar-refractivity contribution in [2.24, 2.45) is 5.92 Å². The number of amides is 1. The first-order valence-corrected chi connectivity index (χ1v) is 6.68. The maximum Gasteiger partial charge on any atom is 0.253 e. The van der Waals surface area contributed by atoms with Gasteiger partial charge in [-0.25, -0.2) is 0 Å². The molecule has 2 heterocycles. The average molecular weight is 286 g/mol. The summed E-state index contributed by atoms with van der Waals surface area (Å²) >= 11 is 0. The number of hydrogen-bond donors (Lipinski definition) is 2. The molecule has 1 aliphatic heterocycles. The van der Waals surface area contributed by atoms with E-state index in [-0.39, 0.29) is 18.3 Å². The molecule has 2 rings (SSSR count). The lowest BCUT2D eigenvalue weighted by molar-refractivity contribution is 0.0941. The predicted octanol–water partition coefficient (Wildman–Crippen LogP) is 2.06. The van der Waals surface area contributed by atoms with Crippen LogP contribution in [0.3, 0.4) is 0 Å². The van der Waals surface area contributed by atoms with Crippen molar-refractivity contribution < 1.29 is 4.79 Å². The smallest absolute Gasteiger partial charge is 0.253 e. The van der Waals surface area contributed by atoms with Gasteiger partial charge in [-0.3, -0.25) is 4.79 Å².